The van der Waals surface area contributed by atoms with Gasteiger partial charge in [0.15, 0.2) is 0 Å². The molecule has 0 aromatic carbocycles. The molecule has 2 aliphatic rings. The summed E-state index contributed by atoms with van der Waals surface area (Å²) < 4.78 is 0. The highest BCUT2D eigenvalue weighted by atomic mass is 14.8. The van der Waals surface area contributed by atoms with Crippen LogP contribution in [0.3, 0.4) is 0 Å². The van der Waals surface area contributed by atoms with Crippen molar-refractivity contribution in [3.63, 3.8) is 0 Å². The summed E-state index contributed by atoms with van der Waals surface area (Å²) in [5.74, 6) is 4.33. The molecule has 3 atom stereocenters. The average molecular weight is 167 g/mol. The van der Waals surface area contributed by atoms with E-state index in [9.17, 15) is 0 Å². The monoisotopic (exact) mass is 167 g/mol. The van der Waals surface area contributed by atoms with E-state index in [2.05, 4.69) is 19.3 Å². The number of nitrogens with one attached hydrogen (secondary N) is 1. The lowest BCUT2D eigenvalue weighted by Gasteiger charge is -2.26. The molecular weight excluding hydrogens is 146 g/mol. The summed E-state index contributed by atoms with van der Waals surface area (Å²) in [5, 5.41) is 3.33. The molecule has 2 saturated carbocycles. The minimum atomic E-state index is 1.03. The fourth-order valence-electron chi connectivity index (χ4n) is 3.10. The van der Waals surface area contributed by atoms with Crippen LogP contribution < -0.4 is 5.32 Å². The lowest BCUT2D eigenvalue weighted by atomic mass is 9.80. The summed E-state index contributed by atoms with van der Waals surface area (Å²) in [6.45, 7) is 3.62. The molecule has 12 heavy (non-hydrogen) atoms. The van der Waals surface area contributed by atoms with Crippen molar-refractivity contribution in [2.75, 3.05) is 13.6 Å². The second-order valence-electron chi connectivity index (χ2n) is 4.56. The molecule has 0 amide bonds. The van der Waals surface area contributed by atoms with E-state index in [1.165, 1.54) is 32.2 Å². The van der Waals surface area contributed by atoms with Gasteiger partial charge in [0.2, 0.25) is 0 Å². The first-order valence-corrected chi connectivity index (χ1v) is 5.53. The van der Waals surface area contributed by atoms with Crippen molar-refractivity contribution in [3.8, 4) is 0 Å². The zero-order chi connectivity index (χ0) is 8.55. The third kappa shape index (κ3) is 1.28. The fraction of sp³-hybridized carbons (Fsp3) is 1.00. The molecule has 0 aromatic heterocycles. The maximum absolute atomic E-state index is 3.33. The molecule has 0 radical (unpaired) electrons. The summed E-state index contributed by atoms with van der Waals surface area (Å²) in [6.07, 6.45) is 5.97. The lowest BCUT2D eigenvalue weighted by Crippen LogP contribution is -2.17. The maximum Gasteiger partial charge on any atom is -0.00179 e. The highest BCUT2D eigenvalue weighted by molar-refractivity contribution is 5.02. The molecule has 0 aliphatic heterocycles. The van der Waals surface area contributed by atoms with Gasteiger partial charge in [-0.1, -0.05) is 32.6 Å². The molecular formula is C11H21N. The van der Waals surface area contributed by atoms with Crippen LogP contribution in [0.15, 0.2) is 0 Å². The number of rotatable bonds is 4. The third-order valence-electron chi connectivity index (χ3n) is 4.00. The van der Waals surface area contributed by atoms with Crippen LogP contribution in [0.4, 0.5) is 0 Å². The Bertz CT molecular complexity index is 151. The molecule has 0 saturated heterocycles. The van der Waals surface area contributed by atoms with Gasteiger partial charge >= 0.3 is 0 Å². The van der Waals surface area contributed by atoms with Gasteiger partial charge in [-0.25, -0.2) is 0 Å². The van der Waals surface area contributed by atoms with Crippen LogP contribution in [0, 0.1) is 23.7 Å². The molecule has 1 nitrogen and oxygen atoms in total. The van der Waals surface area contributed by atoms with Gasteiger partial charge in [0.05, 0.1) is 0 Å². The summed E-state index contributed by atoms with van der Waals surface area (Å²) >= 11 is 0. The van der Waals surface area contributed by atoms with Crippen molar-refractivity contribution in [1.82, 2.24) is 5.32 Å². The highest BCUT2D eigenvalue weighted by Crippen LogP contribution is 2.57. The minimum Gasteiger partial charge on any atom is -0.319 e. The van der Waals surface area contributed by atoms with Crippen LogP contribution in [0.5, 0.6) is 0 Å². The first kappa shape index (κ1) is 8.55. The fourth-order valence-corrected chi connectivity index (χ4v) is 3.10. The average Bonchev–Trinajstić information content (AvgIpc) is 2.61. The van der Waals surface area contributed by atoms with Gasteiger partial charge in [-0.05, 0) is 37.3 Å². The first-order chi connectivity index (χ1) is 5.88. The molecule has 0 heterocycles. The van der Waals surface area contributed by atoms with Crippen LogP contribution in [0.25, 0.3) is 0 Å². The van der Waals surface area contributed by atoms with Crippen LogP contribution >= 0.6 is 0 Å². The van der Waals surface area contributed by atoms with Crippen molar-refractivity contribution >= 4 is 0 Å². The van der Waals surface area contributed by atoms with Gasteiger partial charge in [0.1, 0.15) is 0 Å². The number of hydrogen-bond acceptors (Lipinski definition) is 1. The Labute approximate surface area is 75.9 Å². The molecule has 0 bridgehead atoms. The maximum atomic E-state index is 3.33. The molecule has 1 N–H and O–H groups in total. The van der Waals surface area contributed by atoms with Gasteiger partial charge in [-0.2, -0.15) is 0 Å². The summed E-state index contributed by atoms with van der Waals surface area (Å²) in [6, 6.07) is 0. The van der Waals surface area contributed by atoms with Crippen molar-refractivity contribution in [2.24, 2.45) is 23.7 Å². The van der Waals surface area contributed by atoms with Gasteiger partial charge in [0, 0.05) is 0 Å². The smallest absolute Gasteiger partial charge is 0.00179 e. The predicted molar refractivity (Wildman–Crippen MR) is 52.0 cm³/mol. The van der Waals surface area contributed by atoms with Gasteiger partial charge in [-0.3, -0.25) is 0 Å². The van der Waals surface area contributed by atoms with E-state index in [1.54, 1.807) is 0 Å². The highest BCUT2D eigenvalue weighted by Gasteiger charge is 2.52. The van der Waals surface area contributed by atoms with E-state index in [-0.39, 0.29) is 0 Å². The van der Waals surface area contributed by atoms with Crippen molar-refractivity contribution < 1.29 is 0 Å². The standard InChI is InChI=1S/C11H21N/c1-3-9-10(7-12-2)11(9)8-5-4-6-8/h8-12H,3-7H2,1-2H3. The lowest BCUT2D eigenvalue weighted by molar-refractivity contribution is 0.256. The molecule has 2 aliphatic carbocycles. The van der Waals surface area contributed by atoms with Gasteiger partial charge < -0.3 is 5.32 Å². The van der Waals surface area contributed by atoms with E-state index in [4.69, 9.17) is 0 Å². The molecule has 2 fully saturated rings. The van der Waals surface area contributed by atoms with Gasteiger partial charge in [-0.15, -0.1) is 0 Å². The van der Waals surface area contributed by atoms with E-state index < -0.39 is 0 Å². The topological polar surface area (TPSA) is 12.0 Å². The van der Waals surface area contributed by atoms with Gasteiger partial charge in [0.25, 0.3) is 0 Å². The van der Waals surface area contributed by atoms with Crippen LogP contribution in [-0.4, -0.2) is 13.6 Å². The Kier molecular flexibility index (Phi) is 2.40. The molecule has 2 rings (SSSR count). The molecule has 0 spiro atoms. The zero-order valence-corrected chi connectivity index (χ0v) is 8.34. The molecule has 1 heteroatoms. The largest absolute Gasteiger partial charge is 0.319 e. The van der Waals surface area contributed by atoms with E-state index in [0.717, 1.165) is 23.7 Å². The van der Waals surface area contributed by atoms with Crippen LogP contribution in [-0.2, 0) is 0 Å². The van der Waals surface area contributed by atoms with E-state index in [1.807, 2.05) is 0 Å². The second-order valence-corrected chi connectivity index (χ2v) is 4.56. The normalized spacial score (nSPS) is 41.0. The van der Waals surface area contributed by atoms with E-state index in [0.29, 0.717) is 0 Å². The molecule has 0 aromatic rings. The van der Waals surface area contributed by atoms with Crippen LogP contribution in [0.1, 0.15) is 32.6 Å². The molecule has 70 valence electrons. The van der Waals surface area contributed by atoms with Crippen molar-refractivity contribution in [3.05, 3.63) is 0 Å². The molecule has 3 unspecified atom stereocenters. The Balaban J connectivity index is 1.82. The van der Waals surface area contributed by atoms with E-state index >= 15 is 0 Å². The SMILES string of the molecule is CCC1C(CNC)C1C1CCC1. The Morgan fingerprint density at radius 1 is 1.25 bits per heavy atom. The second kappa shape index (κ2) is 3.37. The van der Waals surface area contributed by atoms with Crippen molar-refractivity contribution in [2.45, 2.75) is 32.6 Å². The summed E-state index contributed by atoms with van der Waals surface area (Å²) in [7, 11) is 2.09. The van der Waals surface area contributed by atoms with Crippen LogP contribution in [0.2, 0.25) is 0 Å². The minimum absolute atomic E-state index is 1.03. The Hall–Kier alpha value is -0.0400. The zero-order valence-electron chi connectivity index (χ0n) is 8.34. The quantitative estimate of drug-likeness (QED) is 0.677. The summed E-state index contributed by atoms with van der Waals surface area (Å²) in [5.41, 5.74) is 0. The summed E-state index contributed by atoms with van der Waals surface area (Å²) in [4.78, 5) is 0. The third-order valence-corrected chi connectivity index (χ3v) is 4.00. The predicted octanol–water partition coefficient (Wildman–Crippen LogP) is 2.28. The Morgan fingerprint density at radius 3 is 2.42 bits per heavy atom. The Morgan fingerprint density at radius 2 is 2.00 bits per heavy atom. The first-order valence-electron chi connectivity index (χ1n) is 5.53. The number of hydrogen-bond donors (Lipinski definition) is 1. The van der Waals surface area contributed by atoms with Crippen molar-refractivity contribution in [1.29, 1.82) is 0 Å².